The Kier molecular flexibility index (Phi) is 9020. The van der Waals surface area contributed by atoms with Crippen LogP contribution in [0.2, 0.25) is 0 Å². The van der Waals surface area contributed by atoms with E-state index in [4.69, 9.17) is 30.0 Å². The number of hydrogen-bond donors (Lipinski definition) is 2. The van der Waals surface area contributed by atoms with E-state index in [-0.39, 0.29) is 152 Å². The SMILES string of the molecule is O.O.O.O.O.O.O.O.O.O.O.O.O.O.O.O.O.O=C(O)O.O=C([O-])[O-].[Na+].[Na+]. The summed E-state index contributed by atoms with van der Waals surface area (Å²) < 4.78 is 0. The maximum Gasteiger partial charge on any atom is 1.00 e. The third-order valence-corrected chi connectivity index (χ3v) is 0. The fraction of sp³-hybridized carbons (Fsp3) is 0. The first kappa shape index (κ1) is 523. The fourth-order valence-corrected chi connectivity index (χ4v) is 0. The van der Waals surface area contributed by atoms with Crippen LogP contribution in [0.1, 0.15) is 0 Å². The van der Waals surface area contributed by atoms with Crippen LogP contribution in [-0.4, -0.2) is 116 Å². The molecule has 25 heteroatoms. The smallest absolute Gasteiger partial charge is 0.652 e. The zero-order valence-electron chi connectivity index (χ0n) is 14.0. The van der Waals surface area contributed by atoms with Crippen LogP contribution in [0.25, 0.3) is 0 Å². The average Bonchev–Trinajstić information content (AvgIpc) is 1.25. The Bertz CT molecular complexity index is 78.4. The van der Waals surface area contributed by atoms with E-state index in [1.165, 1.54) is 0 Å². The second-order valence-corrected chi connectivity index (χ2v) is 0.533. The first-order chi connectivity index (χ1) is 3.46. The van der Waals surface area contributed by atoms with Crippen molar-refractivity contribution in [1.29, 1.82) is 0 Å². The molecular formula is C2H36Na2O23. The minimum absolute atomic E-state index is 0. The van der Waals surface area contributed by atoms with Crippen molar-refractivity contribution in [3.05, 3.63) is 0 Å². The van der Waals surface area contributed by atoms with Crippen molar-refractivity contribution >= 4 is 12.3 Å². The molecule has 36 N–H and O–H groups in total. The van der Waals surface area contributed by atoms with Crippen LogP contribution in [0.15, 0.2) is 0 Å². The molecule has 0 aliphatic carbocycles. The van der Waals surface area contributed by atoms with Gasteiger partial charge in [0.05, 0.1) is 0 Å². The van der Waals surface area contributed by atoms with Gasteiger partial charge >= 0.3 is 65.3 Å². The maximum absolute atomic E-state index is 8.56. The van der Waals surface area contributed by atoms with Crippen molar-refractivity contribution in [2.24, 2.45) is 0 Å². The summed E-state index contributed by atoms with van der Waals surface area (Å²) in [6.07, 6.45) is -4.17. The molecule has 0 aromatic carbocycles. The molecule has 0 amide bonds. The van der Waals surface area contributed by atoms with E-state index in [0.717, 1.165) is 0 Å². The molecular weight excluding hydrogens is 438 g/mol. The number of carbonyl (C=O) groups excluding carboxylic acids is 1. The summed E-state index contributed by atoms with van der Waals surface area (Å²) in [7, 11) is 0. The Morgan fingerprint density at radius 2 is 0.407 bits per heavy atom. The van der Waals surface area contributed by atoms with E-state index in [2.05, 4.69) is 0 Å². The second-order valence-electron chi connectivity index (χ2n) is 0.533. The summed E-state index contributed by atoms with van der Waals surface area (Å²) in [5, 5.41) is 30.6. The monoisotopic (exact) mass is 474 g/mol. The van der Waals surface area contributed by atoms with Crippen LogP contribution >= 0.6 is 0 Å². The van der Waals surface area contributed by atoms with Gasteiger partial charge in [0, 0.05) is 0 Å². The van der Waals surface area contributed by atoms with Crippen LogP contribution in [0.3, 0.4) is 0 Å². The number of carboxylic acid groups (broad SMARTS) is 4. The van der Waals surface area contributed by atoms with E-state index in [9.17, 15) is 0 Å². The molecule has 0 bridgehead atoms. The van der Waals surface area contributed by atoms with Gasteiger partial charge in [-0.3, -0.25) is 0 Å². The van der Waals surface area contributed by atoms with Crippen LogP contribution in [0.5, 0.6) is 0 Å². The van der Waals surface area contributed by atoms with Gasteiger partial charge in [-0.1, -0.05) is 0 Å². The average molecular weight is 474 g/mol. The van der Waals surface area contributed by atoms with Gasteiger partial charge in [0.2, 0.25) is 0 Å². The van der Waals surface area contributed by atoms with Crippen molar-refractivity contribution in [3.63, 3.8) is 0 Å². The van der Waals surface area contributed by atoms with Crippen molar-refractivity contribution in [1.82, 2.24) is 0 Å². The summed E-state index contributed by atoms with van der Waals surface area (Å²) in [6.45, 7) is 0. The molecule has 0 spiro atoms. The van der Waals surface area contributed by atoms with E-state index in [0.29, 0.717) is 0 Å². The number of carbonyl (C=O) groups is 2. The molecule has 0 aromatic rings. The third-order valence-electron chi connectivity index (χ3n) is 0. The summed E-state index contributed by atoms with van der Waals surface area (Å²) in [5.74, 6) is 0. The van der Waals surface area contributed by atoms with E-state index in [1.807, 2.05) is 0 Å². The summed E-state index contributed by atoms with van der Waals surface area (Å²) in [4.78, 5) is 16.9. The van der Waals surface area contributed by atoms with Gasteiger partial charge < -0.3 is 118 Å². The molecule has 0 fully saturated rings. The molecule has 184 valence electrons. The Morgan fingerprint density at radius 1 is 0.407 bits per heavy atom. The standard InChI is InChI=1S/2CH2O3.2Na.17H2O/c2*2-1(3)4;;;;;;;;;;;;;;;;;;;/h2*(H2,2,3,4);;;17*1H2/q;;2*+1;;;;;;;;;;;;;;;;;/p-2. The van der Waals surface area contributed by atoms with Gasteiger partial charge in [-0.15, -0.1) is 0 Å². The molecule has 0 saturated heterocycles. The van der Waals surface area contributed by atoms with Gasteiger partial charge in [0.15, 0.2) is 0 Å². The minimum atomic E-state index is -2.33. The molecule has 0 aliphatic heterocycles. The van der Waals surface area contributed by atoms with Crippen molar-refractivity contribution < 1.29 is 182 Å². The van der Waals surface area contributed by atoms with Crippen molar-refractivity contribution in [2.45, 2.75) is 0 Å². The molecule has 0 heterocycles. The fourth-order valence-electron chi connectivity index (χ4n) is 0. The van der Waals surface area contributed by atoms with Gasteiger partial charge in [-0.2, -0.15) is 0 Å². The van der Waals surface area contributed by atoms with Gasteiger partial charge in [-0.05, 0) is 6.16 Å². The van der Waals surface area contributed by atoms with Crippen molar-refractivity contribution in [2.75, 3.05) is 0 Å². The summed E-state index contributed by atoms with van der Waals surface area (Å²) in [6, 6.07) is 0. The number of rotatable bonds is 0. The minimum Gasteiger partial charge on any atom is -0.652 e. The number of hydrogen-bond acceptors (Lipinski definition) is 4. The second kappa shape index (κ2) is 465. The van der Waals surface area contributed by atoms with Crippen LogP contribution in [0.4, 0.5) is 9.59 Å². The van der Waals surface area contributed by atoms with Crippen LogP contribution < -0.4 is 69.3 Å². The molecule has 0 radical (unpaired) electrons. The van der Waals surface area contributed by atoms with Gasteiger partial charge in [0.25, 0.3) is 0 Å². The molecule has 27 heavy (non-hydrogen) atoms. The van der Waals surface area contributed by atoms with Gasteiger partial charge in [0.1, 0.15) is 0 Å². The first-order valence-corrected chi connectivity index (χ1v) is 1.26. The predicted octanol–water partition coefficient (Wildman–Crippen LogP) is -22.2. The molecule has 0 saturated carbocycles. The quantitative estimate of drug-likeness (QED) is 0.320. The first-order valence-electron chi connectivity index (χ1n) is 1.26. The Hall–Kier alpha value is -0.140. The van der Waals surface area contributed by atoms with E-state index < -0.39 is 12.3 Å². The molecule has 0 atom stereocenters. The van der Waals surface area contributed by atoms with Crippen molar-refractivity contribution in [3.8, 4) is 0 Å². The molecule has 23 nitrogen and oxygen atoms in total. The summed E-state index contributed by atoms with van der Waals surface area (Å²) in [5.41, 5.74) is 0. The molecule has 0 unspecified atom stereocenters. The third kappa shape index (κ3) is 751000. The maximum atomic E-state index is 8.56. The van der Waals surface area contributed by atoms with E-state index in [1.54, 1.807) is 0 Å². The normalized spacial score (nSPS) is 1.78. The molecule has 0 rings (SSSR count). The summed E-state index contributed by atoms with van der Waals surface area (Å²) >= 11 is 0. The largest absolute Gasteiger partial charge is 1.00 e. The van der Waals surface area contributed by atoms with Crippen LogP contribution in [0, 0.1) is 0 Å². The van der Waals surface area contributed by atoms with Crippen LogP contribution in [-0.2, 0) is 0 Å². The Labute approximate surface area is 194 Å². The predicted molar refractivity (Wildman–Crippen MR) is 77.5 cm³/mol. The Balaban J connectivity index is -0.000000000824. The zero-order valence-corrected chi connectivity index (χ0v) is 18.0. The molecule has 0 aliphatic rings. The topological polar surface area (TPSA) is 656 Å². The zero-order chi connectivity index (χ0) is 7.15. The Morgan fingerprint density at radius 3 is 0.407 bits per heavy atom. The van der Waals surface area contributed by atoms with E-state index >= 15 is 0 Å². The van der Waals surface area contributed by atoms with Gasteiger partial charge in [-0.25, -0.2) is 4.79 Å². The molecule has 0 aromatic heterocycles.